The molecule has 1 aliphatic heterocycles. The Morgan fingerprint density at radius 2 is 1.90 bits per heavy atom. The summed E-state index contributed by atoms with van der Waals surface area (Å²) < 4.78 is 1.81. The zero-order chi connectivity index (χ0) is 21.5. The summed E-state index contributed by atoms with van der Waals surface area (Å²) >= 11 is 0. The summed E-state index contributed by atoms with van der Waals surface area (Å²) in [6, 6.07) is 14.8. The molecule has 2 atom stereocenters. The molecule has 1 aliphatic carbocycles. The molecule has 31 heavy (non-hydrogen) atoms. The monoisotopic (exact) mass is 415 g/mol. The van der Waals surface area contributed by atoms with Gasteiger partial charge in [-0.05, 0) is 66.5 Å². The van der Waals surface area contributed by atoms with Gasteiger partial charge in [0, 0.05) is 30.9 Å². The van der Waals surface area contributed by atoms with Gasteiger partial charge in [-0.15, -0.1) is 0 Å². The van der Waals surface area contributed by atoms with Crippen molar-refractivity contribution in [2.75, 3.05) is 0 Å². The van der Waals surface area contributed by atoms with Crippen molar-refractivity contribution in [3.05, 3.63) is 76.5 Å². The molecule has 1 N–H and O–H groups in total. The van der Waals surface area contributed by atoms with E-state index < -0.39 is 0 Å². The van der Waals surface area contributed by atoms with Crippen molar-refractivity contribution in [2.45, 2.75) is 57.7 Å². The predicted octanol–water partition coefficient (Wildman–Crippen LogP) is 4.11. The number of nitrogens with zero attached hydrogens (tertiary/aromatic N) is 3. The van der Waals surface area contributed by atoms with Crippen LogP contribution in [0.25, 0.3) is 11.3 Å². The van der Waals surface area contributed by atoms with Crippen molar-refractivity contribution in [1.82, 2.24) is 14.7 Å². The van der Waals surface area contributed by atoms with Gasteiger partial charge in [-0.1, -0.05) is 37.3 Å². The first kappa shape index (κ1) is 20.0. The number of fused-ring (bicyclic) bond motifs is 1. The summed E-state index contributed by atoms with van der Waals surface area (Å²) in [4.78, 5) is 15.0. The van der Waals surface area contributed by atoms with Crippen molar-refractivity contribution in [1.29, 1.82) is 0 Å². The van der Waals surface area contributed by atoms with Crippen LogP contribution in [0.2, 0.25) is 0 Å². The molecular weight excluding hydrogens is 386 g/mol. The molecule has 0 unspecified atom stereocenters. The van der Waals surface area contributed by atoms with Gasteiger partial charge in [-0.2, -0.15) is 5.10 Å². The molecule has 0 spiro atoms. The molecule has 5 rings (SSSR count). The number of carbonyl (C=O) groups is 1. The molecule has 1 amide bonds. The quantitative estimate of drug-likeness (QED) is 0.682. The third-order valence-electron chi connectivity index (χ3n) is 6.84. The molecule has 2 aromatic carbocycles. The molecule has 0 bridgehead atoms. The fraction of sp³-hybridized carbons (Fsp3) is 0.385. The standard InChI is InChI=1S/C26H29N3O2/c1-3-18-14-21-16-29(24-5-4-6-25(24)30)26(31)22(21)15-20(18)13-17-7-9-19(10-8-17)23-11-12-28(2)27-23/h7-12,14-15,24-25,30H,3-6,13,16H2,1-2H3/t24-,25-/m1/s1. The number of aromatic nitrogens is 2. The largest absolute Gasteiger partial charge is 0.391 e. The summed E-state index contributed by atoms with van der Waals surface area (Å²) in [6.07, 6.45) is 5.99. The first-order chi connectivity index (χ1) is 15.0. The molecule has 1 saturated carbocycles. The van der Waals surface area contributed by atoms with Gasteiger partial charge in [0.25, 0.3) is 5.91 Å². The maximum absolute atomic E-state index is 13.1. The number of hydrogen-bond donors (Lipinski definition) is 1. The molecule has 1 fully saturated rings. The van der Waals surface area contributed by atoms with Crippen molar-refractivity contribution >= 4 is 5.91 Å². The zero-order valence-corrected chi connectivity index (χ0v) is 18.2. The maximum Gasteiger partial charge on any atom is 0.254 e. The SMILES string of the molecule is CCc1cc2c(cc1Cc1ccc(-c3ccn(C)n3)cc1)C(=O)N([C@@H]1CCC[C@H]1O)C2. The van der Waals surface area contributed by atoms with E-state index in [0.717, 1.165) is 54.5 Å². The van der Waals surface area contributed by atoms with Gasteiger partial charge in [0.1, 0.15) is 0 Å². The molecule has 5 nitrogen and oxygen atoms in total. The lowest BCUT2D eigenvalue weighted by Crippen LogP contribution is -2.40. The predicted molar refractivity (Wildman–Crippen MR) is 121 cm³/mol. The lowest BCUT2D eigenvalue weighted by Gasteiger charge is -2.26. The molecule has 0 saturated heterocycles. The van der Waals surface area contributed by atoms with Gasteiger partial charge < -0.3 is 10.0 Å². The Kier molecular flexibility index (Phi) is 5.14. The number of carbonyl (C=O) groups excluding carboxylic acids is 1. The molecular formula is C26H29N3O2. The van der Waals surface area contributed by atoms with E-state index in [0.29, 0.717) is 6.54 Å². The van der Waals surface area contributed by atoms with Crippen LogP contribution >= 0.6 is 0 Å². The highest BCUT2D eigenvalue weighted by atomic mass is 16.3. The van der Waals surface area contributed by atoms with Crippen LogP contribution in [0.5, 0.6) is 0 Å². The number of hydrogen-bond acceptors (Lipinski definition) is 3. The second kappa shape index (κ2) is 7.97. The van der Waals surface area contributed by atoms with Crippen LogP contribution in [0.15, 0.2) is 48.7 Å². The van der Waals surface area contributed by atoms with Crippen molar-refractivity contribution in [3.63, 3.8) is 0 Å². The molecule has 160 valence electrons. The first-order valence-electron chi connectivity index (χ1n) is 11.3. The van der Waals surface area contributed by atoms with Gasteiger partial charge in [0.2, 0.25) is 0 Å². The van der Waals surface area contributed by atoms with Crippen molar-refractivity contribution < 1.29 is 9.90 Å². The molecule has 3 aromatic rings. The van der Waals surface area contributed by atoms with Crippen molar-refractivity contribution in [3.8, 4) is 11.3 Å². The van der Waals surface area contributed by atoms with Crippen LogP contribution in [0.3, 0.4) is 0 Å². The second-order valence-electron chi connectivity index (χ2n) is 8.88. The highest BCUT2D eigenvalue weighted by Gasteiger charge is 2.38. The Labute approximate surface area is 183 Å². The molecule has 5 heteroatoms. The number of benzene rings is 2. The fourth-order valence-corrected chi connectivity index (χ4v) is 5.11. The van der Waals surface area contributed by atoms with Crippen molar-refractivity contribution in [2.24, 2.45) is 7.05 Å². The third-order valence-corrected chi connectivity index (χ3v) is 6.84. The van der Waals surface area contributed by atoms with E-state index in [9.17, 15) is 9.90 Å². The Hall–Kier alpha value is -2.92. The minimum atomic E-state index is -0.388. The first-order valence-corrected chi connectivity index (χ1v) is 11.3. The van der Waals surface area contributed by atoms with Gasteiger partial charge in [-0.25, -0.2) is 0 Å². The Morgan fingerprint density at radius 3 is 2.55 bits per heavy atom. The van der Waals surface area contributed by atoms with Crippen LogP contribution in [0.1, 0.15) is 58.8 Å². The van der Waals surface area contributed by atoms with E-state index >= 15 is 0 Å². The number of rotatable bonds is 5. The minimum Gasteiger partial charge on any atom is -0.391 e. The fourth-order valence-electron chi connectivity index (χ4n) is 5.11. The van der Waals surface area contributed by atoms with E-state index in [4.69, 9.17) is 0 Å². The number of aliphatic hydroxyl groups is 1. The van der Waals surface area contributed by atoms with Gasteiger partial charge >= 0.3 is 0 Å². The van der Waals surface area contributed by atoms with Gasteiger partial charge in [-0.3, -0.25) is 9.48 Å². The average Bonchev–Trinajstić information content (AvgIpc) is 3.47. The van der Waals surface area contributed by atoms with E-state index in [2.05, 4.69) is 48.4 Å². The Balaban J connectivity index is 1.39. The number of amides is 1. The van der Waals surface area contributed by atoms with Gasteiger partial charge in [0.15, 0.2) is 0 Å². The molecule has 2 heterocycles. The summed E-state index contributed by atoms with van der Waals surface area (Å²) in [6.45, 7) is 2.80. The lowest BCUT2D eigenvalue weighted by molar-refractivity contribution is 0.0479. The topological polar surface area (TPSA) is 58.4 Å². The summed E-state index contributed by atoms with van der Waals surface area (Å²) in [5.74, 6) is 0.0790. The normalized spacial score (nSPS) is 20.5. The van der Waals surface area contributed by atoms with Crippen LogP contribution in [0, 0.1) is 0 Å². The van der Waals surface area contributed by atoms with Crippen LogP contribution in [-0.4, -0.2) is 37.8 Å². The minimum absolute atomic E-state index is 0.0347. The van der Waals surface area contributed by atoms with E-state index in [-0.39, 0.29) is 18.1 Å². The Bertz CT molecular complexity index is 1120. The van der Waals surface area contributed by atoms with E-state index in [1.54, 1.807) is 0 Å². The highest BCUT2D eigenvalue weighted by molar-refractivity contribution is 5.99. The van der Waals surface area contributed by atoms with Crippen LogP contribution in [0.4, 0.5) is 0 Å². The average molecular weight is 416 g/mol. The lowest BCUT2D eigenvalue weighted by atomic mass is 9.93. The van der Waals surface area contributed by atoms with Crippen LogP contribution in [-0.2, 0) is 26.4 Å². The highest BCUT2D eigenvalue weighted by Crippen LogP contribution is 2.34. The summed E-state index contributed by atoms with van der Waals surface area (Å²) in [5.41, 5.74) is 7.74. The molecule has 0 radical (unpaired) electrons. The smallest absolute Gasteiger partial charge is 0.254 e. The maximum atomic E-state index is 13.1. The molecule has 2 aliphatic rings. The zero-order valence-electron chi connectivity index (χ0n) is 18.2. The third kappa shape index (κ3) is 3.68. The summed E-state index contributed by atoms with van der Waals surface area (Å²) in [5, 5.41) is 14.8. The van der Waals surface area contributed by atoms with Gasteiger partial charge in [0.05, 0.1) is 17.8 Å². The summed E-state index contributed by atoms with van der Waals surface area (Å²) in [7, 11) is 1.92. The number of aryl methyl sites for hydroxylation is 2. The van der Waals surface area contributed by atoms with E-state index in [1.165, 1.54) is 16.7 Å². The Morgan fingerprint density at radius 1 is 1.10 bits per heavy atom. The second-order valence-corrected chi connectivity index (χ2v) is 8.88. The number of aliphatic hydroxyl groups excluding tert-OH is 1. The van der Waals surface area contributed by atoms with Crippen LogP contribution < -0.4 is 0 Å². The van der Waals surface area contributed by atoms with E-state index in [1.807, 2.05) is 28.9 Å². The molecule has 1 aromatic heterocycles.